The van der Waals surface area contributed by atoms with Crippen molar-refractivity contribution in [3.63, 3.8) is 0 Å². The van der Waals surface area contributed by atoms with Gasteiger partial charge in [0, 0.05) is 18.1 Å². The van der Waals surface area contributed by atoms with E-state index in [-0.39, 0.29) is 22.4 Å². The molecule has 0 amide bonds. The average Bonchev–Trinajstić information content (AvgIpc) is 2.82. The van der Waals surface area contributed by atoms with Gasteiger partial charge in [-0.3, -0.25) is 14.4 Å². The highest BCUT2D eigenvalue weighted by Gasteiger charge is 2.59. The molecule has 0 bridgehead atoms. The average molecular weight is 378 g/mol. The zero-order chi connectivity index (χ0) is 20.8. The minimum absolute atomic E-state index is 0.229. The number of carbonyl (C=O) groups is 3. The van der Waals surface area contributed by atoms with Gasteiger partial charge in [0.2, 0.25) is 11.6 Å². The molecule has 5 heteroatoms. The van der Waals surface area contributed by atoms with Crippen molar-refractivity contribution >= 4 is 17.5 Å². The number of carbonyl (C=O) groups excluding carboxylic acids is 3. The van der Waals surface area contributed by atoms with Crippen molar-refractivity contribution in [1.82, 2.24) is 0 Å². The molecule has 2 aromatic carbocycles. The Morgan fingerprint density at radius 2 is 1.50 bits per heavy atom. The highest BCUT2D eigenvalue weighted by Crippen LogP contribution is 2.47. The van der Waals surface area contributed by atoms with E-state index in [0.717, 1.165) is 11.1 Å². The number of aryl methyl sites for hydroxylation is 1. The van der Waals surface area contributed by atoms with Gasteiger partial charge in [-0.2, -0.15) is 0 Å². The van der Waals surface area contributed by atoms with Gasteiger partial charge in [-0.15, -0.1) is 0 Å². The van der Waals surface area contributed by atoms with E-state index in [0.29, 0.717) is 11.3 Å². The molecular weight excluding hydrogens is 356 g/mol. The summed E-state index contributed by atoms with van der Waals surface area (Å²) in [5.41, 5.74) is 1.06. The number of benzene rings is 2. The molecule has 0 unspecified atom stereocenters. The normalized spacial score (nSPS) is 14.6. The predicted molar refractivity (Wildman–Crippen MR) is 105 cm³/mol. The predicted octanol–water partition coefficient (Wildman–Crippen LogP) is 4.36. The highest BCUT2D eigenvalue weighted by atomic mass is 16.6. The number of hydrogen-bond donors (Lipinski definition) is 0. The first-order valence-electron chi connectivity index (χ1n) is 8.94. The van der Waals surface area contributed by atoms with Crippen molar-refractivity contribution in [2.75, 3.05) is 0 Å². The van der Waals surface area contributed by atoms with Crippen LogP contribution in [0.15, 0.2) is 42.7 Å². The van der Waals surface area contributed by atoms with Crippen molar-refractivity contribution < 1.29 is 23.9 Å². The number of allylic oxidation sites excluding steroid dienone is 1. The summed E-state index contributed by atoms with van der Waals surface area (Å²) in [6.45, 7) is 12.2. The van der Waals surface area contributed by atoms with E-state index in [4.69, 9.17) is 9.47 Å². The van der Waals surface area contributed by atoms with Crippen LogP contribution in [-0.2, 0) is 15.1 Å². The summed E-state index contributed by atoms with van der Waals surface area (Å²) in [6, 6.07) is 8.22. The molecule has 0 spiro atoms. The summed E-state index contributed by atoms with van der Waals surface area (Å²) in [6.07, 6.45) is 0. The monoisotopic (exact) mass is 378 g/mol. The lowest BCUT2D eigenvalue weighted by Gasteiger charge is -2.30. The fraction of sp³-hybridized carbons (Fsp3) is 0.261. The molecule has 2 aromatic rings. The molecule has 0 saturated heterocycles. The molecule has 3 rings (SSSR count). The van der Waals surface area contributed by atoms with Crippen molar-refractivity contribution in [3.05, 3.63) is 76.1 Å². The molecule has 144 valence electrons. The molecule has 1 aliphatic carbocycles. The van der Waals surface area contributed by atoms with Crippen molar-refractivity contribution in [2.45, 2.75) is 40.2 Å². The van der Waals surface area contributed by atoms with Crippen molar-refractivity contribution in [2.24, 2.45) is 0 Å². The lowest BCUT2D eigenvalue weighted by Crippen LogP contribution is -2.43. The van der Waals surface area contributed by atoms with E-state index in [2.05, 4.69) is 6.58 Å². The maximum atomic E-state index is 13.5. The molecule has 0 N–H and O–H groups in total. The van der Waals surface area contributed by atoms with Gasteiger partial charge in [-0.1, -0.05) is 30.8 Å². The second-order valence-corrected chi connectivity index (χ2v) is 7.10. The maximum absolute atomic E-state index is 13.5. The number of esters is 1. The van der Waals surface area contributed by atoms with Gasteiger partial charge < -0.3 is 9.47 Å². The van der Waals surface area contributed by atoms with Crippen LogP contribution in [-0.4, -0.2) is 17.5 Å². The summed E-state index contributed by atoms with van der Waals surface area (Å²) in [5.74, 6) is -1.20. The maximum Gasteiger partial charge on any atom is 0.304 e. The number of fused-ring (bicyclic) bond motifs is 1. The third-order valence-electron chi connectivity index (χ3n) is 5.11. The first-order valence-corrected chi connectivity index (χ1v) is 8.94. The second kappa shape index (κ2) is 6.75. The van der Waals surface area contributed by atoms with E-state index in [1.54, 1.807) is 44.2 Å². The van der Waals surface area contributed by atoms with Crippen LogP contribution in [0, 0.1) is 20.8 Å². The van der Waals surface area contributed by atoms with Gasteiger partial charge in [0.15, 0.2) is 0 Å². The Hall–Kier alpha value is -3.21. The molecule has 0 saturated carbocycles. The van der Waals surface area contributed by atoms with Gasteiger partial charge in [0.05, 0.1) is 11.3 Å². The number of ether oxygens (including phenoxy) is 2. The standard InChI is InChI=1S/C23H22O5/c1-12(2)27-19-11-13(3)14(4)15(5)20(19)23(28-16(6)24)21(25)17-9-7-8-10-18(17)22(23)26/h7-11H,1H2,2-6H3. The Bertz CT molecular complexity index is 1010. The van der Waals surface area contributed by atoms with Gasteiger partial charge in [0.1, 0.15) is 5.75 Å². The minimum Gasteiger partial charge on any atom is -0.462 e. The van der Waals surface area contributed by atoms with E-state index in [9.17, 15) is 14.4 Å². The van der Waals surface area contributed by atoms with E-state index >= 15 is 0 Å². The Balaban J connectivity index is 2.42. The zero-order valence-electron chi connectivity index (χ0n) is 16.6. The number of Topliss-reactive ketones (excluding diaryl/α,β-unsaturated/α-hetero) is 2. The van der Waals surface area contributed by atoms with Gasteiger partial charge >= 0.3 is 5.97 Å². The molecule has 0 aliphatic heterocycles. The van der Waals surface area contributed by atoms with Crippen LogP contribution in [0.1, 0.15) is 56.8 Å². The number of hydrogen-bond acceptors (Lipinski definition) is 5. The van der Waals surface area contributed by atoms with Crippen LogP contribution in [0.2, 0.25) is 0 Å². The molecular formula is C23H22O5. The summed E-state index contributed by atoms with van der Waals surface area (Å²) in [5, 5.41) is 0. The highest BCUT2D eigenvalue weighted by molar-refractivity contribution is 6.33. The number of rotatable bonds is 4. The fourth-order valence-corrected chi connectivity index (χ4v) is 3.70. The lowest BCUT2D eigenvalue weighted by atomic mass is 9.82. The summed E-state index contributed by atoms with van der Waals surface area (Å²) < 4.78 is 11.3. The van der Waals surface area contributed by atoms with Crippen LogP contribution < -0.4 is 4.74 Å². The third-order valence-corrected chi connectivity index (χ3v) is 5.11. The molecule has 0 radical (unpaired) electrons. The molecule has 0 aromatic heterocycles. The summed E-state index contributed by atoms with van der Waals surface area (Å²) in [7, 11) is 0. The Kier molecular flexibility index (Phi) is 4.71. The van der Waals surface area contributed by atoms with Crippen LogP contribution in [0.3, 0.4) is 0 Å². The quantitative estimate of drug-likeness (QED) is 0.449. The first kappa shape index (κ1) is 19.5. The molecule has 0 heterocycles. The van der Waals surface area contributed by atoms with E-state index in [1.807, 2.05) is 13.8 Å². The van der Waals surface area contributed by atoms with E-state index < -0.39 is 23.1 Å². The zero-order valence-corrected chi connectivity index (χ0v) is 16.6. The van der Waals surface area contributed by atoms with Gasteiger partial charge in [-0.05, 0) is 50.5 Å². The SMILES string of the molecule is C=C(C)Oc1cc(C)c(C)c(C)c1C1(OC(C)=O)C(=O)c2ccccc2C1=O. The summed E-state index contributed by atoms with van der Waals surface area (Å²) in [4.78, 5) is 39.0. The smallest absolute Gasteiger partial charge is 0.304 e. The lowest BCUT2D eigenvalue weighted by molar-refractivity contribution is -0.149. The first-order chi connectivity index (χ1) is 13.1. The Morgan fingerprint density at radius 1 is 0.964 bits per heavy atom. The van der Waals surface area contributed by atoms with Crippen LogP contribution in [0.5, 0.6) is 5.75 Å². The van der Waals surface area contributed by atoms with Crippen molar-refractivity contribution in [3.8, 4) is 5.75 Å². The molecule has 5 nitrogen and oxygen atoms in total. The van der Waals surface area contributed by atoms with Crippen LogP contribution >= 0.6 is 0 Å². The molecule has 0 atom stereocenters. The minimum atomic E-state index is -2.11. The largest absolute Gasteiger partial charge is 0.462 e. The van der Waals surface area contributed by atoms with Gasteiger partial charge in [0.25, 0.3) is 5.60 Å². The van der Waals surface area contributed by atoms with Crippen LogP contribution in [0.4, 0.5) is 0 Å². The second-order valence-electron chi connectivity index (χ2n) is 7.10. The summed E-state index contributed by atoms with van der Waals surface area (Å²) >= 11 is 0. The Morgan fingerprint density at radius 3 is 1.96 bits per heavy atom. The molecule has 28 heavy (non-hydrogen) atoms. The molecule has 0 fully saturated rings. The number of ketones is 2. The molecule has 1 aliphatic rings. The Labute approximate surface area is 164 Å². The van der Waals surface area contributed by atoms with Crippen molar-refractivity contribution in [1.29, 1.82) is 0 Å². The van der Waals surface area contributed by atoms with Crippen LogP contribution in [0.25, 0.3) is 0 Å². The third kappa shape index (κ3) is 2.74. The van der Waals surface area contributed by atoms with E-state index in [1.165, 1.54) is 6.92 Å². The fourth-order valence-electron chi connectivity index (χ4n) is 3.70. The van der Waals surface area contributed by atoms with Gasteiger partial charge in [-0.25, -0.2) is 0 Å². The topological polar surface area (TPSA) is 69.7 Å².